The molecule has 0 aromatic heterocycles. The number of nitrogens with one attached hydrogen (secondary N) is 2. The van der Waals surface area contributed by atoms with Crippen LogP contribution in [0.5, 0.6) is 0 Å². The van der Waals surface area contributed by atoms with Crippen molar-refractivity contribution < 1.29 is 33.4 Å². The van der Waals surface area contributed by atoms with E-state index in [0.717, 1.165) is 16.0 Å². The Hall–Kier alpha value is -4.77. The molecule has 0 saturated heterocycles. The third kappa shape index (κ3) is 12.5. The highest BCUT2D eigenvalue weighted by Crippen LogP contribution is 2.21. The third-order valence-electron chi connectivity index (χ3n) is 8.62. The van der Waals surface area contributed by atoms with Crippen LogP contribution < -0.4 is 10.6 Å². The number of carbonyl (C=O) groups excluding carboxylic acids is 5. The maximum absolute atomic E-state index is 13.9. The van der Waals surface area contributed by atoms with E-state index in [0.29, 0.717) is 25.0 Å². The van der Waals surface area contributed by atoms with Gasteiger partial charge in [0.2, 0.25) is 5.91 Å². The van der Waals surface area contributed by atoms with E-state index in [1.807, 2.05) is 88.4 Å². The van der Waals surface area contributed by atoms with Gasteiger partial charge in [-0.15, -0.1) is 0 Å². The smallest absolute Gasteiger partial charge is 0.324 e. The Labute approximate surface area is 302 Å². The summed E-state index contributed by atoms with van der Waals surface area (Å²) in [5.41, 5.74) is 1.87. The first-order valence-corrected chi connectivity index (χ1v) is 17.6. The second-order valence-corrected chi connectivity index (χ2v) is 14.1. The van der Waals surface area contributed by atoms with E-state index in [9.17, 15) is 24.0 Å². The van der Waals surface area contributed by atoms with Crippen LogP contribution in [-0.2, 0) is 46.3 Å². The van der Waals surface area contributed by atoms with Gasteiger partial charge in [-0.05, 0) is 69.7 Å². The highest BCUT2D eigenvalue weighted by molar-refractivity contribution is 6.07. The summed E-state index contributed by atoms with van der Waals surface area (Å²) in [5, 5.41) is 5.87. The Balaban J connectivity index is 1.80. The van der Waals surface area contributed by atoms with Crippen LogP contribution in [0.1, 0.15) is 58.6 Å². The lowest BCUT2D eigenvalue weighted by atomic mass is 10.00. The summed E-state index contributed by atoms with van der Waals surface area (Å²) in [6, 6.07) is 16.3. The van der Waals surface area contributed by atoms with Crippen LogP contribution in [0.4, 0.5) is 0 Å². The van der Waals surface area contributed by atoms with Gasteiger partial charge in [-0.1, -0.05) is 94.4 Å². The Morgan fingerprint density at radius 3 is 1.92 bits per heavy atom. The Morgan fingerprint density at radius 2 is 1.41 bits per heavy atom. The molecule has 0 bridgehead atoms. The minimum absolute atomic E-state index is 0.0242. The van der Waals surface area contributed by atoms with Gasteiger partial charge in [-0.2, -0.15) is 0 Å². The molecule has 276 valence electrons. The molecule has 5 unspecified atom stereocenters. The van der Waals surface area contributed by atoms with E-state index in [2.05, 4.69) is 10.6 Å². The lowest BCUT2D eigenvalue weighted by Crippen LogP contribution is -2.53. The van der Waals surface area contributed by atoms with Gasteiger partial charge in [-0.3, -0.25) is 33.8 Å². The molecule has 11 heteroatoms. The molecule has 0 saturated carbocycles. The molecule has 2 N–H and O–H groups in total. The minimum Gasteiger partial charge on any atom is -0.499 e. The Bertz CT molecular complexity index is 1540. The van der Waals surface area contributed by atoms with Crippen LogP contribution in [-0.4, -0.2) is 90.9 Å². The van der Waals surface area contributed by atoms with Crippen molar-refractivity contribution in [2.75, 3.05) is 21.2 Å². The Morgan fingerprint density at radius 1 is 0.843 bits per heavy atom. The number of nitrogens with zero attached hydrogens (tertiary/aromatic N) is 2. The lowest BCUT2D eigenvalue weighted by Gasteiger charge is -2.28. The van der Waals surface area contributed by atoms with Gasteiger partial charge in [0, 0.05) is 12.2 Å². The largest absolute Gasteiger partial charge is 0.499 e. The van der Waals surface area contributed by atoms with Crippen molar-refractivity contribution >= 4 is 29.6 Å². The molecule has 0 fully saturated rings. The van der Waals surface area contributed by atoms with Crippen molar-refractivity contribution in [2.45, 2.75) is 90.6 Å². The van der Waals surface area contributed by atoms with E-state index in [1.54, 1.807) is 32.0 Å². The molecule has 4 amide bonds. The zero-order valence-electron chi connectivity index (χ0n) is 31.1. The van der Waals surface area contributed by atoms with Gasteiger partial charge in [0.05, 0.1) is 19.2 Å². The maximum atomic E-state index is 13.9. The standard InChI is InChI=1S/C40H54N4O7/c1-26(2)21-32(42-39(48)35(22-27(3)4)51-40(49)33(43(6)7)24-30-17-13-10-14-18-30)38(47)41-31(23-29-15-11-9-12-16-29)19-20-36(45)44-28(5)34(50-8)25-37(44)46/h9-20,25-28,31-33,35H,21-24H2,1-8H3,(H,41,47)(H,42,48). The fourth-order valence-corrected chi connectivity index (χ4v) is 5.89. The molecule has 1 aliphatic heterocycles. The van der Waals surface area contributed by atoms with E-state index >= 15 is 0 Å². The number of rotatable bonds is 18. The van der Waals surface area contributed by atoms with Crippen molar-refractivity contribution in [1.82, 2.24) is 20.4 Å². The highest BCUT2D eigenvalue weighted by Gasteiger charge is 2.35. The summed E-state index contributed by atoms with van der Waals surface area (Å²) in [5.74, 6) is -2.11. The van der Waals surface area contributed by atoms with Crippen molar-refractivity contribution in [3.63, 3.8) is 0 Å². The highest BCUT2D eigenvalue weighted by atomic mass is 16.5. The van der Waals surface area contributed by atoms with Crippen LogP contribution in [0.15, 0.2) is 84.7 Å². The first-order valence-electron chi connectivity index (χ1n) is 17.6. The van der Waals surface area contributed by atoms with E-state index in [-0.39, 0.29) is 18.3 Å². The van der Waals surface area contributed by atoms with Crippen LogP contribution in [0, 0.1) is 11.8 Å². The van der Waals surface area contributed by atoms with Gasteiger partial charge in [0.15, 0.2) is 6.10 Å². The number of amides is 4. The minimum atomic E-state index is -1.11. The van der Waals surface area contributed by atoms with Crippen molar-refractivity contribution in [3.8, 4) is 0 Å². The van der Waals surface area contributed by atoms with E-state index in [1.165, 1.54) is 19.3 Å². The molecular formula is C40H54N4O7. The quantitative estimate of drug-likeness (QED) is 0.174. The number of imide groups is 1. The summed E-state index contributed by atoms with van der Waals surface area (Å²) >= 11 is 0. The Kier molecular flexibility index (Phi) is 15.6. The molecule has 51 heavy (non-hydrogen) atoms. The molecule has 1 heterocycles. The van der Waals surface area contributed by atoms with E-state index < -0.39 is 59.9 Å². The summed E-state index contributed by atoms with van der Waals surface area (Å²) < 4.78 is 11.1. The topological polar surface area (TPSA) is 134 Å². The first-order chi connectivity index (χ1) is 24.2. The number of ether oxygens (including phenoxy) is 2. The summed E-state index contributed by atoms with van der Waals surface area (Å²) in [6.07, 6.45) is 4.37. The molecule has 0 aliphatic carbocycles. The van der Waals surface area contributed by atoms with Crippen molar-refractivity contribution in [3.05, 3.63) is 95.8 Å². The normalized spacial score (nSPS) is 16.9. The summed E-state index contributed by atoms with van der Waals surface area (Å²) in [6.45, 7) is 9.45. The second-order valence-electron chi connectivity index (χ2n) is 14.1. The fourth-order valence-electron chi connectivity index (χ4n) is 5.89. The predicted molar refractivity (Wildman–Crippen MR) is 196 cm³/mol. The number of carbonyl (C=O) groups is 5. The fraction of sp³-hybridized carbons (Fsp3) is 0.475. The van der Waals surface area contributed by atoms with Gasteiger partial charge in [0.1, 0.15) is 17.8 Å². The van der Waals surface area contributed by atoms with E-state index in [4.69, 9.17) is 9.47 Å². The monoisotopic (exact) mass is 702 g/mol. The number of esters is 1. The van der Waals surface area contributed by atoms with Crippen LogP contribution >= 0.6 is 0 Å². The molecule has 0 spiro atoms. The summed E-state index contributed by atoms with van der Waals surface area (Å²) in [4.78, 5) is 69.8. The van der Waals surface area contributed by atoms with Crippen molar-refractivity contribution in [2.24, 2.45) is 11.8 Å². The SMILES string of the molecule is COC1=CC(=O)N(C(=O)C=CC(Cc2ccccc2)NC(=O)C(CC(C)C)NC(=O)C(CC(C)C)OC(=O)C(Cc2ccccc2)N(C)C)C1C. The zero-order valence-corrected chi connectivity index (χ0v) is 31.1. The van der Waals surface area contributed by atoms with Crippen molar-refractivity contribution in [1.29, 1.82) is 0 Å². The predicted octanol–water partition coefficient (Wildman–Crippen LogP) is 4.22. The summed E-state index contributed by atoms with van der Waals surface area (Å²) in [7, 11) is 5.03. The average molecular weight is 703 g/mol. The van der Waals surface area contributed by atoms with Crippen LogP contribution in [0.25, 0.3) is 0 Å². The zero-order chi connectivity index (χ0) is 37.7. The average Bonchev–Trinajstić information content (AvgIpc) is 3.37. The molecule has 1 aliphatic rings. The lowest BCUT2D eigenvalue weighted by molar-refractivity contribution is -0.161. The number of hydrogen-bond donors (Lipinski definition) is 2. The second kappa shape index (κ2) is 19.6. The number of likely N-dealkylation sites (N-methyl/N-ethyl adjacent to an activating group) is 1. The number of benzene rings is 2. The number of methoxy groups -OCH3 is 1. The first kappa shape index (κ1) is 40.7. The van der Waals surface area contributed by atoms with Crippen LogP contribution in [0.2, 0.25) is 0 Å². The molecule has 5 atom stereocenters. The van der Waals surface area contributed by atoms with Gasteiger partial charge in [0.25, 0.3) is 17.7 Å². The molecule has 0 radical (unpaired) electrons. The molecule has 11 nitrogen and oxygen atoms in total. The third-order valence-corrected chi connectivity index (χ3v) is 8.62. The maximum Gasteiger partial charge on any atom is 0.324 e. The number of hydrogen-bond acceptors (Lipinski definition) is 8. The molecule has 2 aromatic rings. The van der Waals surface area contributed by atoms with Gasteiger partial charge >= 0.3 is 5.97 Å². The molecular weight excluding hydrogens is 648 g/mol. The van der Waals surface area contributed by atoms with Gasteiger partial charge < -0.3 is 20.1 Å². The molecule has 3 rings (SSSR count). The van der Waals surface area contributed by atoms with Crippen LogP contribution in [0.3, 0.4) is 0 Å². The van der Waals surface area contributed by atoms with Gasteiger partial charge in [-0.25, -0.2) is 0 Å². The molecule has 2 aromatic carbocycles.